The number of carbonyl (C=O) groups is 1. The maximum Gasteiger partial charge on any atom is 0.316 e. The number of hydrogen-bond donors (Lipinski definition) is 0. The van der Waals surface area contributed by atoms with Crippen LogP contribution >= 0.6 is 0 Å². The first-order valence-electron chi connectivity index (χ1n) is 6.54. The molecule has 1 saturated heterocycles. The van der Waals surface area contributed by atoms with Crippen LogP contribution < -0.4 is 0 Å². The summed E-state index contributed by atoms with van der Waals surface area (Å²) in [7, 11) is 0. The summed E-state index contributed by atoms with van der Waals surface area (Å²) in [6.45, 7) is 3.14. The summed E-state index contributed by atoms with van der Waals surface area (Å²) in [5.41, 5.74) is 0.317. The Labute approximate surface area is 112 Å². The van der Waals surface area contributed by atoms with E-state index in [4.69, 9.17) is 4.74 Å². The van der Waals surface area contributed by atoms with Gasteiger partial charge >= 0.3 is 5.97 Å². The van der Waals surface area contributed by atoms with Gasteiger partial charge in [-0.25, -0.2) is 0 Å². The van der Waals surface area contributed by atoms with Gasteiger partial charge in [0.05, 0.1) is 17.3 Å². The monoisotopic (exact) mass is 262 g/mol. The summed E-state index contributed by atoms with van der Waals surface area (Å²) in [4.78, 5) is 22.9. The van der Waals surface area contributed by atoms with E-state index in [0.29, 0.717) is 32.5 Å². The minimum absolute atomic E-state index is 0.202. The average molecular weight is 262 g/mol. The molecule has 1 aliphatic rings. The molecule has 0 amide bonds. The van der Waals surface area contributed by atoms with Crippen LogP contribution in [0, 0.1) is 4.91 Å². The lowest BCUT2D eigenvalue weighted by molar-refractivity contribution is -0.152. The van der Waals surface area contributed by atoms with Crippen molar-refractivity contribution in [1.29, 1.82) is 0 Å². The molecule has 1 heterocycles. The summed E-state index contributed by atoms with van der Waals surface area (Å²) in [6, 6.07) is 9.65. The average Bonchev–Trinajstić information content (AvgIpc) is 2.48. The zero-order valence-corrected chi connectivity index (χ0v) is 11.0. The molecular weight excluding hydrogens is 244 g/mol. The van der Waals surface area contributed by atoms with Crippen LogP contribution in [0.2, 0.25) is 0 Å². The second-order valence-electron chi connectivity index (χ2n) is 4.70. The van der Waals surface area contributed by atoms with Crippen LogP contribution in [0.15, 0.2) is 35.6 Å². The molecule has 1 aromatic carbocycles. The van der Waals surface area contributed by atoms with Crippen molar-refractivity contribution < 1.29 is 9.53 Å². The summed E-state index contributed by atoms with van der Waals surface area (Å²) in [5, 5.41) is 4.40. The topological polar surface area (TPSA) is 59.0 Å². The molecule has 102 valence electrons. The lowest BCUT2D eigenvalue weighted by Gasteiger charge is -2.38. The molecule has 1 aromatic rings. The Morgan fingerprint density at radius 1 is 1.32 bits per heavy atom. The third kappa shape index (κ3) is 2.59. The largest absolute Gasteiger partial charge is 0.465 e. The van der Waals surface area contributed by atoms with E-state index in [0.717, 1.165) is 5.56 Å². The van der Waals surface area contributed by atoms with Crippen LogP contribution in [0.1, 0.15) is 25.3 Å². The number of nitrogens with zero attached hydrogens (tertiary/aromatic N) is 2. The van der Waals surface area contributed by atoms with E-state index in [9.17, 15) is 9.70 Å². The molecule has 5 nitrogen and oxygen atoms in total. The quantitative estimate of drug-likeness (QED) is 0.617. The summed E-state index contributed by atoms with van der Waals surface area (Å²) in [6.07, 6.45) is 1.11. The Kier molecular flexibility index (Phi) is 4.14. The molecule has 0 spiro atoms. The molecule has 0 bridgehead atoms. The maximum absolute atomic E-state index is 12.4. The molecule has 19 heavy (non-hydrogen) atoms. The van der Waals surface area contributed by atoms with Gasteiger partial charge in [-0.3, -0.25) is 9.80 Å². The molecule has 1 aliphatic heterocycles. The normalized spacial score (nSPS) is 17.8. The zero-order valence-electron chi connectivity index (χ0n) is 11.0. The van der Waals surface area contributed by atoms with E-state index in [-0.39, 0.29) is 5.97 Å². The van der Waals surface area contributed by atoms with Gasteiger partial charge in [0.25, 0.3) is 0 Å². The van der Waals surface area contributed by atoms with Crippen molar-refractivity contribution in [3.63, 3.8) is 0 Å². The molecule has 5 heteroatoms. The third-order valence-electron chi connectivity index (χ3n) is 3.70. The van der Waals surface area contributed by atoms with Gasteiger partial charge in [-0.15, -0.1) is 4.91 Å². The van der Waals surface area contributed by atoms with Gasteiger partial charge in [0.15, 0.2) is 0 Å². The molecule has 0 radical (unpaired) electrons. The maximum atomic E-state index is 12.4. The predicted molar refractivity (Wildman–Crippen MR) is 71.4 cm³/mol. The highest BCUT2D eigenvalue weighted by Crippen LogP contribution is 2.36. The van der Waals surface area contributed by atoms with Crippen LogP contribution in [0.3, 0.4) is 0 Å². The Balaban J connectivity index is 2.29. The fourth-order valence-electron chi connectivity index (χ4n) is 2.60. The van der Waals surface area contributed by atoms with Crippen LogP contribution in [0.25, 0.3) is 0 Å². The minimum Gasteiger partial charge on any atom is -0.465 e. The highest BCUT2D eigenvalue weighted by Gasteiger charge is 2.44. The Bertz CT molecular complexity index is 439. The van der Waals surface area contributed by atoms with Crippen molar-refractivity contribution >= 4 is 5.97 Å². The first kappa shape index (κ1) is 13.5. The molecular formula is C14H18N2O3. The van der Waals surface area contributed by atoms with Crippen LogP contribution in [0.5, 0.6) is 0 Å². The van der Waals surface area contributed by atoms with Crippen molar-refractivity contribution in [3.8, 4) is 0 Å². The molecule has 0 atom stereocenters. The van der Waals surface area contributed by atoms with Crippen LogP contribution in [-0.4, -0.2) is 30.7 Å². The highest BCUT2D eigenvalue weighted by molar-refractivity contribution is 5.83. The minimum atomic E-state index is -0.640. The second-order valence-corrected chi connectivity index (χ2v) is 4.70. The highest BCUT2D eigenvalue weighted by atomic mass is 16.5. The zero-order chi connectivity index (χ0) is 13.7. The van der Waals surface area contributed by atoms with Crippen molar-refractivity contribution in [2.75, 3.05) is 19.7 Å². The Morgan fingerprint density at radius 3 is 2.47 bits per heavy atom. The Hall–Kier alpha value is -1.91. The smallest absolute Gasteiger partial charge is 0.316 e. The molecule has 0 aliphatic carbocycles. The SMILES string of the molecule is CCOC(=O)C1(c2ccccc2)CCN(N=O)CC1. The van der Waals surface area contributed by atoms with E-state index in [1.54, 1.807) is 6.92 Å². The van der Waals surface area contributed by atoms with E-state index in [2.05, 4.69) is 5.29 Å². The number of carbonyl (C=O) groups excluding carboxylic acids is 1. The van der Waals surface area contributed by atoms with Crippen LogP contribution in [0.4, 0.5) is 0 Å². The van der Waals surface area contributed by atoms with Gasteiger partial charge in [-0.2, -0.15) is 0 Å². The number of esters is 1. The van der Waals surface area contributed by atoms with Gasteiger partial charge in [-0.05, 0) is 25.3 Å². The van der Waals surface area contributed by atoms with Gasteiger partial charge in [0.2, 0.25) is 0 Å². The first-order chi connectivity index (χ1) is 9.23. The lowest BCUT2D eigenvalue weighted by Crippen LogP contribution is -2.46. The van der Waals surface area contributed by atoms with E-state index < -0.39 is 5.41 Å². The third-order valence-corrected chi connectivity index (χ3v) is 3.70. The molecule has 1 fully saturated rings. The number of rotatable bonds is 4. The van der Waals surface area contributed by atoms with E-state index in [1.165, 1.54) is 5.01 Å². The van der Waals surface area contributed by atoms with E-state index >= 15 is 0 Å². The molecule has 2 rings (SSSR count). The summed E-state index contributed by atoms with van der Waals surface area (Å²) < 4.78 is 5.24. The van der Waals surface area contributed by atoms with Crippen LogP contribution in [-0.2, 0) is 14.9 Å². The second kappa shape index (κ2) is 5.82. The van der Waals surface area contributed by atoms with Crippen molar-refractivity contribution in [1.82, 2.24) is 5.01 Å². The standard InChI is InChI=1S/C14H18N2O3/c1-2-19-13(17)14(12-6-4-3-5-7-12)8-10-16(15-18)11-9-14/h3-7H,2,8-11H2,1H3. The lowest BCUT2D eigenvalue weighted by atomic mass is 9.73. The Morgan fingerprint density at radius 2 is 1.95 bits per heavy atom. The first-order valence-corrected chi connectivity index (χ1v) is 6.54. The summed E-state index contributed by atoms with van der Waals surface area (Å²) >= 11 is 0. The number of nitroso groups, excluding NO2 is 1. The number of ether oxygens (including phenoxy) is 1. The van der Waals surface area contributed by atoms with E-state index in [1.807, 2.05) is 30.3 Å². The summed E-state index contributed by atoms with van der Waals surface area (Å²) in [5.74, 6) is -0.202. The predicted octanol–water partition coefficient (Wildman–Crippen LogP) is 2.26. The van der Waals surface area contributed by atoms with Gasteiger partial charge in [0.1, 0.15) is 0 Å². The molecule has 0 N–H and O–H groups in total. The van der Waals surface area contributed by atoms with Crippen molar-refractivity contribution in [2.24, 2.45) is 5.29 Å². The molecule has 0 saturated carbocycles. The fraction of sp³-hybridized carbons (Fsp3) is 0.500. The van der Waals surface area contributed by atoms with Gasteiger partial charge < -0.3 is 4.74 Å². The number of piperidine rings is 1. The van der Waals surface area contributed by atoms with Crippen molar-refractivity contribution in [2.45, 2.75) is 25.2 Å². The number of benzene rings is 1. The molecule has 0 aromatic heterocycles. The number of hydrogen-bond acceptors (Lipinski definition) is 4. The van der Waals surface area contributed by atoms with Gasteiger partial charge in [0, 0.05) is 13.1 Å². The molecule has 0 unspecified atom stereocenters. The fourth-order valence-corrected chi connectivity index (χ4v) is 2.60. The van der Waals surface area contributed by atoms with Gasteiger partial charge in [-0.1, -0.05) is 30.3 Å². The van der Waals surface area contributed by atoms with Crippen molar-refractivity contribution in [3.05, 3.63) is 40.8 Å².